The summed E-state index contributed by atoms with van der Waals surface area (Å²) in [6.07, 6.45) is 9.94. The van der Waals surface area contributed by atoms with E-state index in [-0.39, 0.29) is 12.8 Å². The molecule has 0 spiro atoms. The van der Waals surface area contributed by atoms with Crippen molar-refractivity contribution < 1.29 is 9.90 Å². The van der Waals surface area contributed by atoms with Gasteiger partial charge in [0.25, 0.3) is 0 Å². The van der Waals surface area contributed by atoms with Crippen LogP contribution >= 0.6 is 0 Å². The molecule has 0 saturated heterocycles. The Bertz CT molecular complexity index is 181. The minimum absolute atomic E-state index is 0.300. The Kier molecular flexibility index (Phi) is 10.3. The molecule has 0 rings (SSSR count). The van der Waals surface area contributed by atoms with Crippen molar-refractivity contribution in [2.24, 2.45) is 0 Å². The van der Waals surface area contributed by atoms with Crippen LogP contribution in [0.15, 0.2) is 12.2 Å². The van der Waals surface area contributed by atoms with Crippen LogP contribution in [-0.4, -0.2) is 24.4 Å². The second kappa shape index (κ2) is 11.0. The minimum atomic E-state index is -0.310. The first-order valence-corrected chi connectivity index (χ1v) is 5.55. The van der Waals surface area contributed by atoms with Gasteiger partial charge in [0.1, 0.15) is 6.73 Å². The van der Waals surface area contributed by atoms with Crippen molar-refractivity contribution >= 4 is 6.03 Å². The molecule has 0 aliphatic carbocycles. The quantitative estimate of drug-likeness (QED) is 0.327. The number of carbonyl (C=O) groups is 1. The van der Waals surface area contributed by atoms with Crippen molar-refractivity contribution in [1.82, 2.24) is 10.6 Å². The van der Waals surface area contributed by atoms with Gasteiger partial charge in [-0.1, -0.05) is 25.0 Å². The van der Waals surface area contributed by atoms with Gasteiger partial charge in [-0.25, -0.2) is 4.79 Å². The van der Waals surface area contributed by atoms with Crippen LogP contribution in [0, 0.1) is 0 Å². The number of amides is 2. The van der Waals surface area contributed by atoms with Crippen molar-refractivity contribution in [3.05, 3.63) is 12.2 Å². The summed E-state index contributed by atoms with van der Waals surface area (Å²) in [5.41, 5.74) is 0. The van der Waals surface area contributed by atoms with E-state index in [1.54, 1.807) is 0 Å². The molecule has 0 radical (unpaired) electrons. The molecule has 2 amide bonds. The fraction of sp³-hybridized carbons (Fsp3) is 0.727. The Balaban J connectivity index is 3.07. The Morgan fingerprint density at radius 3 is 2.60 bits per heavy atom. The van der Waals surface area contributed by atoms with Crippen molar-refractivity contribution in [2.45, 2.75) is 39.0 Å². The van der Waals surface area contributed by atoms with Crippen LogP contribution in [0.5, 0.6) is 0 Å². The number of aliphatic hydroxyl groups is 1. The van der Waals surface area contributed by atoms with Crippen molar-refractivity contribution in [1.29, 1.82) is 0 Å². The predicted octanol–water partition coefficient (Wildman–Crippen LogP) is 1.76. The lowest BCUT2D eigenvalue weighted by molar-refractivity contribution is 0.217. The standard InChI is InChI=1S/C11H22N2O2/c1-2-3-4-5-6-7-8-9-12-11(15)13-10-14/h2-3,14H,4-10H2,1H3,(H2,12,13,15)/b3-2+. The highest BCUT2D eigenvalue weighted by atomic mass is 16.3. The van der Waals surface area contributed by atoms with Crippen molar-refractivity contribution in [2.75, 3.05) is 13.3 Å². The largest absolute Gasteiger partial charge is 0.376 e. The van der Waals surface area contributed by atoms with Gasteiger partial charge in [-0.2, -0.15) is 0 Å². The monoisotopic (exact) mass is 214 g/mol. The zero-order valence-corrected chi connectivity index (χ0v) is 9.46. The summed E-state index contributed by atoms with van der Waals surface area (Å²) in [5.74, 6) is 0. The van der Waals surface area contributed by atoms with E-state index in [2.05, 4.69) is 22.8 Å². The lowest BCUT2D eigenvalue weighted by atomic mass is 10.1. The molecule has 88 valence electrons. The molecule has 0 aromatic heterocycles. The van der Waals surface area contributed by atoms with Crippen LogP contribution in [0.3, 0.4) is 0 Å². The summed E-state index contributed by atoms with van der Waals surface area (Å²) in [4.78, 5) is 10.8. The van der Waals surface area contributed by atoms with Crippen molar-refractivity contribution in [3.63, 3.8) is 0 Å². The number of rotatable bonds is 8. The fourth-order valence-electron chi connectivity index (χ4n) is 1.24. The zero-order valence-electron chi connectivity index (χ0n) is 9.46. The van der Waals surface area contributed by atoms with E-state index >= 15 is 0 Å². The summed E-state index contributed by atoms with van der Waals surface area (Å²) < 4.78 is 0. The van der Waals surface area contributed by atoms with Gasteiger partial charge in [0, 0.05) is 6.54 Å². The minimum Gasteiger partial charge on any atom is -0.376 e. The molecule has 0 saturated carbocycles. The van der Waals surface area contributed by atoms with Gasteiger partial charge < -0.3 is 15.7 Å². The fourth-order valence-corrected chi connectivity index (χ4v) is 1.24. The van der Waals surface area contributed by atoms with Gasteiger partial charge in [0.2, 0.25) is 0 Å². The highest BCUT2D eigenvalue weighted by Gasteiger charge is 1.95. The SMILES string of the molecule is C/C=C/CCCCCCNC(=O)NCO. The van der Waals surface area contributed by atoms with E-state index in [1.165, 1.54) is 12.8 Å². The van der Waals surface area contributed by atoms with Crippen LogP contribution in [-0.2, 0) is 0 Å². The molecular formula is C11H22N2O2. The summed E-state index contributed by atoms with van der Waals surface area (Å²) in [7, 11) is 0. The summed E-state index contributed by atoms with van der Waals surface area (Å²) in [6.45, 7) is 2.40. The number of aliphatic hydroxyl groups excluding tert-OH is 1. The zero-order chi connectivity index (χ0) is 11.4. The third-order valence-corrected chi connectivity index (χ3v) is 2.06. The summed E-state index contributed by atoms with van der Waals surface area (Å²) in [5, 5.41) is 13.3. The average Bonchev–Trinajstić information content (AvgIpc) is 2.22. The van der Waals surface area contributed by atoms with E-state index in [9.17, 15) is 4.79 Å². The van der Waals surface area contributed by atoms with E-state index in [4.69, 9.17) is 5.11 Å². The molecule has 0 aromatic carbocycles. The lowest BCUT2D eigenvalue weighted by Crippen LogP contribution is -2.36. The highest BCUT2D eigenvalue weighted by Crippen LogP contribution is 2.02. The Labute approximate surface area is 91.8 Å². The van der Waals surface area contributed by atoms with E-state index in [0.717, 1.165) is 19.3 Å². The van der Waals surface area contributed by atoms with Gasteiger partial charge in [-0.15, -0.1) is 0 Å². The molecule has 0 fully saturated rings. The van der Waals surface area contributed by atoms with E-state index < -0.39 is 0 Å². The number of allylic oxidation sites excluding steroid dienone is 2. The van der Waals surface area contributed by atoms with Gasteiger partial charge in [0.05, 0.1) is 0 Å². The number of carbonyl (C=O) groups excluding carboxylic acids is 1. The molecule has 3 N–H and O–H groups in total. The molecule has 0 aliphatic heterocycles. The first-order valence-electron chi connectivity index (χ1n) is 5.55. The number of urea groups is 1. The van der Waals surface area contributed by atoms with Gasteiger partial charge in [-0.05, 0) is 26.2 Å². The molecule has 0 bridgehead atoms. The lowest BCUT2D eigenvalue weighted by Gasteiger charge is -2.04. The maximum atomic E-state index is 10.8. The number of hydrogen-bond donors (Lipinski definition) is 3. The van der Waals surface area contributed by atoms with Crippen LogP contribution in [0.1, 0.15) is 39.0 Å². The molecule has 15 heavy (non-hydrogen) atoms. The van der Waals surface area contributed by atoms with Crippen LogP contribution in [0.25, 0.3) is 0 Å². The molecule has 0 unspecified atom stereocenters. The maximum absolute atomic E-state index is 10.8. The van der Waals surface area contributed by atoms with Crippen molar-refractivity contribution in [3.8, 4) is 0 Å². The second-order valence-corrected chi connectivity index (χ2v) is 3.36. The molecule has 4 nitrogen and oxygen atoms in total. The smallest absolute Gasteiger partial charge is 0.316 e. The topological polar surface area (TPSA) is 61.4 Å². The predicted molar refractivity (Wildman–Crippen MR) is 61.5 cm³/mol. The molecule has 0 aromatic rings. The Hall–Kier alpha value is -1.03. The molecular weight excluding hydrogens is 192 g/mol. The van der Waals surface area contributed by atoms with Crippen LogP contribution < -0.4 is 10.6 Å². The van der Waals surface area contributed by atoms with Crippen LogP contribution in [0.2, 0.25) is 0 Å². The molecule has 0 heterocycles. The second-order valence-electron chi connectivity index (χ2n) is 3.36. The van der Waals surface area contributed by atoms with Gasteiger partial charge in [-0.3, -0.25) is 0 Å². The molecule has 0 atom stereocenters. The highest BCUT2D eigenvalue weighted by molar-refractivity contribution is 5.73. The third kappa shape index (κ3) is 10.9. The number of hydrogen-bond acceptors (Lipinski definition) is 2. The number of nitrogens with one attached hydrogen (secondary N) is 2. The Morgan fingerprint density at radius 1 is 1.20 bits per heavy atom. The van der Waals surface area contributed by atoms with Gasteiger partial charge >= 0.3 is 6.03 Å². The molecule has 0 aliphatic rings. The van der Waals surface area contributed by atoms with Crippen LogP contribution in [0.4, 0.5) is 4.79 Å². The molecule has 4 heteroatoms. The Morgan fingerprint density at radius 2 is 1.93 bits per heavy atom. The van der Waals surface area contributed by atoms with E-state index in [1.807, 2.05) is 6.92 Å². The first kappa shape index (κ1) is 14.0. The number of unbranched alkanes of at least 4 members (excludes halogenated alkanes) is 4. The van der Waals surface area contributed by atoms with Gasteiger partial charge in [0.15, 0.2) is 0 Å². The normalized spacial score (nSPS) is 10.5. The summed E-state index contributed by atoms with van der Waals surface area (Å²) >= 11 is 0. The summed E-state index contributed by atoms with van der Waals surface area (Å²) in [6, 6.07) is -0.300. The third-order valence-electron chi connectivity index (χ3n) is 2.06. The first-order chi connectivity index (χ1) is 7.31. The average molecular weight is 214 g/mol. The maximum Gasteiger partial charge on any atom is 0.316 e. The van der Waals surface area contributed by atoms with E-state index in [0.29, 0.717) is 6.54 Å².